The van der Waals surface area contributed by atoms with Crippen LogP contribution >= 0.6 is 0 Å². The maximum absolute atomic E-state index is 12.6. The monoisotopic (exact) mass is 414 g/mol. The van der Waals surface area contributed by atoms with Crippen LogP contribution in [0.5, 0.6) is 0 Å². The molecule has 0 bridgehead atoms. The summed E-state index contributed by atoms with van der Waals surface area (Å²) < 4.78 is 37.9. The van der Waals surface area contributed by atoms with E-state index in [9.17, 15) is 22.8 Å². The molecule has 1 aromatic heterocycles. The van der Waals surface area contributed by atoms with Crippen molar-refractivity contribution in [3.8, 4) is 0 Å². The van der Waals surface area contributed by atoms with Gasteiger partial charge in [-0.2, -0.15) is 13.2 Å². The van der Waals surface area contributed by atoms with Crippen LogP contribution in [-0.4, -0.2) is 23.8 Å². The van der Waals surface area contributed by atoms with Crippen molar-refractivity contribution < 1.29 is 22.8 Å². The van der Waals surface area contributed by atoms with Gasteiger partial charge in [0.15, 0.2) is 5.69 Å². The first-order valence-electron chi connectivity index (χ1n) is 8.81. The van der Waals surface area contributed by atoms with E-state index in [1.54, 1.807) is 36.4 Å². The number of carbonyl (C=O) groups excluding carboxylic acids is 2. The number of halogens is 3. The molecule has 0 aliphatic rings. The van der Waals surface area contributed by atoms with Gasteiger partial charge < -0.3 is 16.0 Å². The summed E-state index contributed by atoms with van der Waals surface area (Å²) in [5, 5.41) is 8.21. The lowest BCUT2D eigenvalue weighted by atomic mass is 10.1. The topological polar surface area (TPSA) is 83.1 Å². The molecule has 0 atom stereocenters. The standard InChI is InChI=1S/C21H17F3N4O2/c1-25-20(30)18-17(3-2-12-26-18)27-15-8-10-16(11-9-15)28-19(29)13-4-6-14(7-5-13)21(22,23)24/h2-12,27H,1H3,(H,25,30)(H,28,29). The molecule has 0 aliphatic heterocycles. The van der Waals surface area contributed by atoms with Crippen LogP contribution in [0.15, 0.2) is 66.9 Å². The summed E-state index contributed by atoms with van der Waals surface area (Å²) in [6.45, 7) is 0. The highest BCUT2D eigenvalue weighted by Gasteiger charge is 2.30. The molecule has 3 aromatic rings. The average Bonchev–Trinajstić information content (AvgIpc) is 2.74. The maximum Gasteiger partial charge on any atom is 0.416 e. The average molecular weight is 414 g/mol. The third kappa shape index (κ3) is 4.93. The van der Waals surface area contributed by atoms with Gasteiger partial charge in [-0.15, -0.1) is 0 Å². The van der Waals surface area contributed by atoms with E-state index in [-0.39, 0.29) is 17.2 Å². The summed E-state index contributed by atoms with van der Waals surface area (Å²) >= 11 is 0. The highest BCUT2D eigenvalue weighted by molar-refractivity contribution is 6.04. The van der Waals surface area contributed by atoms with Crippen LogP contribution in [0.4, 0.5) is 30.2 Å². The largest absolute Gasteiger partial charge is 0.416 e. The van der Waals surface area contributed by atoms with E-state index < -0.39 is 17.6 Å². The predicted molar refractivity (Wildman–Crippen MR) is 107 cm³/mol. The molecule has 2 amide bonds. The van der Waals surface area contributed by atoms with Gasteiger partial charge in [-0.1, -0.05) is 0 Å². The van der Waals surface area contributed by atoms with Crippen molar-refractivity contribution in [3.63, 3.8) is 0 Å². The molecular weight excluding hydrogens is 397 g/mol. The Morgan fingerprint density at radius 2 is 1.50 bits per heavy atom. The summed E-state index contributed by atoms with van der Waals surface area (Å²) in [6.07, 6.45) is -2.95. The van der Waals surface area contributed by atoms with Crippen LogP contribution in [0.2, 0.25) is 0 Å². The van der Waals surface area contributed by atoms with Crippen molar-refractivity contribution >= 4 is 28.9 Å². The lowest BCUT2D eigenvalue weighted by Gasteiger charge is -2.11. The van der Waals surface area contributed by atoms with Crippen LogP contribution in [0, 0.1) is 0 Å². The van der Waals surface area contributed by atoms with Crippen LogP contribution < -0.4 is 16.0 Å². The zero-order chi connectivity index (χ0) is 21.7. The number of pyridine rings is 1. The van der Waals surface area contributed by atoms with E-state index in [2.05, 4.69) is 20.9 Å². The number of aromatic nitrogens is 1. The van der Waals surface area contributed by atoms with E-state index in [1.165, 1.54) is 13.2 Å². The summed E-state index contributed by atoms with van der Waals surface area (Å²) in [5.74, 6) is -0.864. The fourth-order valence-electron chi connectivity index (χ4n) is 2.61. The van der Waals surface area contributed by atoms with Gasteiger partial charge in [0.25, 0.3) is 11.8 Å². The lowest BCUT2D eigenvalue weighted by Crippen LogP contribution is -2.20. The lowest BCUT2D eigenvalue weighted by molar-refractivity contribution is -0.137. The zero-order valence-corrected chi connectivity index (χ0v) is 15.7. The van der Waals surface area contributed by atoms with Gasteiger partial charge in [-0.05, 0) is 60.7 Å². The molecule has 0 fully saturated rings. The molecule has 2 aromatic carbocycles. The Kier molecular flexibility index (Phi) is 6.01. The van der Waals surface area contributed by atoms with Crippen molar-refractivity contribution in [1.82, 2.24) is 10.3 Å². The van der Waals surface area contributed by atoms with Crippen LogP contribution in [0.25, 0.3) is 0 Å². The first kappa shape index (κ1) is 20.8. The van der Waals surface area contributed by atoms with Crippen LogP contribution in [-0.2, 0) is 6.18 Å². The van der Waals surface area contributed by atoms with Crippen molar-refractivity contribution in [2.45, 2.75) is 6.18 Å². The third-order valence-electron chi connectivity index (χ3n) is 4.15. The summed E-state index contributed by atoms with van der Waals surface area (Å²) in [4.78, 5) is 28.2. The molecule has 0 unspecified atom stereocenters. The smallest absolute Gasteiger partial charge is 0.354 e. The molecule has 0 saturated carbocycles. The number of carbonyl (C=O) groups is 2. The van der Waals surface area contributed by atoms with Gasteiger partial charge in [-0.3, -0.25) is 9.59 Å². The number of hydrogen-bond donors (Lipinski definition) is 3. The molecule has 30 heavy (non-hydrogen) atoms. The highest BCUT2D eigenvalue weighted by atomic mass is 19.4. The molecule has 3 N–H and O–H groups in total. The van der Waals surface area contributed by atoms with Crippen molar-refractivity contribution in [2.24, 2.45) is 0 Å². The Labute approximate surface area is 170 Å². The number of hydrogen-bond acceptors (Lipinski definition) is 4. The quantitative estimate of drug-likeness (QED) is 0.576. The Hall–Kier alpha value is -3.88. The molecule has 0 aliphatic carbocycles. The Bertz CT molecular complexity index is 1050. The normalized spacial score (nSPS) is 10.9. The molecule has 0 saturated heterocycles. The Morgan fingerprint density at radius 1 is 0.867 bits per heavy atom. The molecule has 0 spiro atoms. The number of amides is 2. The van der Waals surface area contributed by atoms with Gasteiger partial charge in [0.1, 0.15) is 0 Å². The van der Waals surface area contributed by atoms with E-state index in [1.807, 2.05) is 0 Å². The molecule has 1 heterocycles. The number of anilines is 3. The highest BCUT2D eigenvalue weighted by Crippen LogP contribution is 2.29. The Morgan fingerprint density at radius 3 is 2.10 bits per heavy atom. The van der Waals surface area contributed by atoms with Gasteiger partial charge in [0, 0.05) is 30.2 Å². The summed E-state index contributed by atoms with van der Waals surface area (Å²) in [7, 11) is 1.51. The minimum Gasteiger partial charge on any atom is -0.354 e. The van der Waals surface area contributed by atoms with Gasteiger partial charge >= 0.3 is 6.18 Å². The van der Waals surface area contributed by atoms with E-state index in [0.29, 0.717) is 17.1 Å². The van der Waals surface area contributed by atoms with Gasteiger partial charge in [-0.25, -0.2) is 4.98 Å². The number of nitrogens with one attached hydrogen (secondary N) is 3. The van der Waals surface area contributed by atoms with Gasteiger partial charge in [0.2, 0.25) is 0 Å². The van der Waals surface area contributed by atoms with E-state index in [0.717, 1.165) is 24.3 Å². The van der Waals surface area contributed by atoms with Crippen molar-refractivity contribution in [1.29, 1.82) is 0 Å². The number of benzene rings is 2. The first-order valence-corrected chi connectivity index (χ1v) is 8.81. The number of alkyl halides is 3. The Balaban J connectivity index is 1.68. The minimum absolute atomic E-state index is 0.107. The first-order chi connectivity index (χ1) is 14.3. The second-order valence-corrected chi connectivity index (χ2v) is 6.21. The number of nitrogens with zero attached hydrogens (tertiary/aromatic N) is 1. The summed E-state index contributed by atoms with van der Waals surface area (Å²) in [6, 6.07) is 14.0. The van der Waals surface area contributed by atoms with Crippen molar-refractivity contribution in [2.75, 3.05) is 17.7 Å². The molecule has 154 valence electrons. The minimum atomic E-state index is -4.45. The fraction of sp³-hybridized carbons (Fsp3) is 0.0952. The molecule has 6 nitrogen and oxygen atoms in total. The van der Waals surface area contributed by atoms with Crippen LogP contribution in [0.1, 0.15) is 26.4 Å². The second kappa shape index (κ2) is 8.64. The number of rotatable bonds is 5. The van der Waals surface area contributed by atoms with E-state index in [4.69, 9.17) is 0 Å². The maximum atomic E-state index is 12.6. The molecular formula is C21H17F3N4O2. The zero-order valence-electron chi connectivity index (χ0n) is 15.7. The van der Waals surface area contributed by atoms with Crippen LogP contribution in [0.3, 0.4) is 0 Å². The van der Waals surface area contributed by atoms with E-state index >= 15 is 0 Å². The second-order valence-electron chi connectivity index (χ2n) is 6.21. The molecule has 3 rings (SSSR count). The third-order valence-corrected chi connectivity index (χ3v) is 4.15. The molecule has 0 radical (unpaired) electrons. The molecule has 9 heteroatoms. The van der Waals surface area contributed by atoms with Gasteiger partial charge in [0.05, 0.1) is 11.3 Å². The summed E-state index contributed by atoms with van der Waals surface area (Å²) in [5.41, 5.74) is 1.15. The fourth-order valence-corrected chi connectivity index (χ4v) is 2.61. The SMILES string of the molecule is CNC(=O)c1ncccc1Nc1ccc(NC(=O)c2ccc(C(F)(F)F)cc2)cc1. The predicted octanol–water partition coefficient (Wildman–Crippen LogP) is 4.46. The van der Waals surface area contributed by atoms with Crippen molar-refractivity contribution in [3.05, 3.63) is 83.7 Å².